The standard InChI is InChI=1S/C25H24O4/c1-16(2)21-15-17(3)22(28-24(26)19-11-7-5-8-12-19)23(18(21)4)29-25(27)20-13-9-6-10-14-20/h5-16H,1-4H3. The summed E-state index contributed by atoms with van der Waals surface area (Å²) in [7, 11) is 0. The van der Waals surface area contributed by atoms with E-state index < -0.39 is 11.9 Å². The molecular formula is C25H24O4. The highest BCUT2D eigenvalue weighted by Gasteiger charge is 2.23. The minimum absolute atomic E-state index is 0.224. The summed E-state index contributed by atoms with van der Waals surface area (Å²) in [6, 6.07) is 19.5. The van der Waals surface area contributed by atoms with E-state index in [1.807, 2.05) is 32.0 Å². The second-order valence-corrected chi connectivity index (χ2v) is 7.23. The van der Waals surface area contributed by atoms with E-state index in [1.165, 1.54) is 0 Å². The number of carbonyl (C=O) groups excluding carboxylic acids is 2. The van der Waals surface area contributed by atoms with Crippen molar-refractivity contribution in [2.24, 2.45) is 0 Å². The lowest BCUT2D eigenvalue weighted by Crippen LogP contribution is -2.15. The Bertz CT molecular complexity index is 1020. The molecule has 4 heteroatoms. The Morgan fingerprint density at radius 2 is 1.17 bits per heavy atom. The van der Waals surface area contributed by atoms with Gasteiger partial charge in [-0.1, -0.05) is 56.3 Å². The second-order valence-electron chi connectivity index (χ2n) is 7.23. The second kappa shape index (κ2) is 8.74. The maximum Gasteiger partial charge on any atom is 0.343 e. The summed E-state index contributed by atoms with van der Waals surface area (Å²) >= 11 is 0. The average Bonchev–Trinajstić information content (AvgIpc) is 2.73. The zero-order valence-corrected chi connectivity index (χ0v) is 17.1. The summed E-state index contributed by atoms with van der Waals surface area (Å²) in [6.07, 6.45) is 0. The van der Waals surface area contributed by atoms with Crippen LogP contribution in [0.1, 0.15) is 57.2 Å². The van der Waals surface area contributed by atoms with Gasteiger partial charge in [0, 0.05) is 0 Å². The molecule has 148 valence electrons. The first kappa shape index (κ1) is 20.3. The van der Waals surface area contributed by atoms with E-state index in [0.29, 0.717) is 11.1 Å². The molecule has 0 spiro atoms. The van der Waals surface area contributed by atoms with E-state index in [9.17, 15) is 9.59 Å². The predicted molar refractivity (Wildman–Crippen MR) is 113 cm³/mol. The van der Waals surface area contributed by atoms with Crippen molar-refractivity contribution in [3.05, 3.63) is 94.5 Å². The number of carbonyl (C=O) groups is 2. The van der Waals surface area contributed by atoms with Gasteiger partial charge in [-0.2, -0.15) is 0 Å². The molecule has 0 aliphatic rings. The van der Waals surface area contributed by atoms with Crippen LogP contribution in [0.2, 0.25) is 0 Å². The molecule has 0 aliphatic carbocycles. The molecule has 0 atom stereocenters. The van der Waals surface area contributed by atoms with Gasteiger partial charge < -0.3 is 9.47 Å². The fourth-order valence-corrected chi connectivity index (χ4v) is 3.19. The molecule has 0 aliphatic heterocycles. The topological polar surface area (TPSA) is 52.6 Å². The molecule has 0 N–H and O–H groups in total. The molecule has 3 rings (SSSR count). The van der Waals surface area contributed by atoms with Crippen LogP contribution in [0.15, 0.2) is 66.7 Å². The minimum atomic E-state index is -0.498. The van der Waals surface area contributed by atoms with Gasteiger partial charge in [0.15, 0.2) is 11.5 Å². The van der Waals surface area contributed by atoms with Crippen molar-refractivity contribution in [3.63, 3.8) is 0 Å². The maximum atomic E-state index is 12.7. The Labute approximate surface area is 171 Å². The normalized spacial score (nSPS) is 10.7. The number of benzene rings is 3. The summed E-state index contributed by atoms with van der Waals surface area (Å²) in [5, 5.41) is 0. The lowest BCUT2D eigenvalue weighted by atomic mass is 9.94. The Morgan fingerprint density at radius 1 is 0.724 bits per heavy atom. The molecule has 0 bridgehead atoms. The van der Waals surface area contributed by atoms with Gasteiger partial charge in [-0.05, 0) is 60.7 Å². The van der Waals surface area contributed by atoms with Gasteiger partial charge in [0.05, 0.1) is 11.1 Å². The molecule has 29 heavy (non-hydrogen) atoms. The summed E-state index contributed by atoms with van der Waals surface area (Å²) in [5.74, 6) is -0.216. The van der Waals surface area contributed by atoms with Crippen LogP contribution >= 0.6 is 0 Å². The zero-order chi connectivity index (χ0) is 21.0. The van der Waals surface area contributed by atoms with E-state index in [2.05, 4.69) is 13.8 Å². The summed E-state index contributed by atoms with van der Waals surface area (Å²) in [5.41, 5.74) is 3.42. The SMILES string of the molecule is Cc1cc(C(C)C)c(C)c(OC(=O)c2ccccc2)c1OC(=O)c1ccccc1. The highest BCUT2D eigenvalue weighted by Crippen LogP contribution is 2.40. The number of hydrogen-bond donors (Lipinski definition) is 0. The summed E-state index contributed by atoms with van der Waals surface area (Å²) in [6.45, 7) is 7.86. The first-order valence-electron chi connectivity index (χ1n) is 9.57. The van der Waals surface area contributed by atoms with Crippen LogP contribution in [0, 0.1) is 13.8 Å². The lowest BCUT2D eigenvalue weighted by molar-refractivity contribution is 0.0680. The highest BCUT2D eigenvalue weighted by atomic mass is 16.6. The third kappa shape index (κ3) is 4.54. The highest BCUT2D eigenvalue weighted by molar-refractivity contribution is 5.93. The van der Waals surface area contributed by atoms with Crippen LogP contribution < -0.4 is 9.47 Å². The van der Waals surface area contributed by atoms with Gasteiger partial charge in [-0.3, -0.25) is 0 Å². The molecule has 0 unspecified atom stereocenters. The quantitative estimate of drug-likeness (QED) is 0.405. The van der Waals surface area contributed by atoms with Crippen molar-refractivity contribution in [1.82, 2.24) is 0 Å². The molecule has 0 fully saturated rings. The fraction of sp³-hybridized carbons (Fsp3) is 0.200. The number of hydrogen-bond acceptors (Lipinski definition) is 4. The van der Waals surface area contributed by atoms with Crippen molar-refractivity contribution >= 4 is 11.9 Å². The van der Waals surface area contributed by atoms with E-state index >= 15 is 0 Å². The van der Waals surface area contributed by atoms with Crippen molar-refractivity contribution in [2.45, 2.75) is 33.6 Å². The molecule has 0 saturated heterocycles. The van der Waals surface area contributed by atoms with Crippen molar-refractivity contribution in [3.8, 4) is 11.5 Å². The maximum absolute atomic E-state index is 12.7. The van der Waals surface area contributed by atoms with Crippen LogP contribution in [0.4, 0.5) is 0 Å². The molecule has 4 nitrogen and oxygen atoms in total. The molecule has 0 radical (unpaired) electrons. The molecule has 3 aromatic rings. The van der Waals surface area contributed by atoms with Gasteiger partial charge in [-0.15, -0.1) is 0 Å². The Kier molecular flexibility index (Phi) is 6.13. The Balaban J connectivity index is 2.03. The average molecular weight is 388 g/mol. The lowest BCUT2D eigenvalue weighted by Gasteiger charge is -2.20. The third-order valence-electron chi connectivity index (χ3n) is 4.74. The van der Waals surface area contributed by atoms with E-state index in [1.54, 1.807) is 48.5 Å². The molecular weight excluding hydrogens is 364 g/mol. The smallest absolute Gasteiger partial charge is 0.343 e. The van der Waals surface area contributed by atoms with Gasteiger partial charge >= 0.3 is 11.9 Å². The van der Waals surface area contributed by atoms with Crippen LogP contribution in [-0.4, -0.2) is 11.9 Å². The number of ether oxygens (including phenoxy) is 2. The van der Waals surface area contributed by atoms with Crippen LogP contribution in [-0.2, 0) is 0 Å². The van der Waals surface area contributed by atoms with Crippen LogP contribution in [0.25, 0.3) is 0 Å². The molecule has 3 aromatic carbocycles. The minimum Gasteiger partial charge on any atom is -0.419 e. The van der Waals surface area contributed by atoms with E-state index in [4.69, 9.17) is 9.47 Å². The number of esters is 2. The largest absolute Gasteiger partial charge is 0.419 e. The van der Waals surface area contributed by atoms with E-state index in [-0.39, 0.29) is 17.4 Å². The summed E-state index contributed by atoms with van der Waals surface area (Å²) < 4.78 is 11.5. The monoisotopic (exact) mass is 388 g/mol. The predicted octanol–water partition coefficient (Wildman–Crippen LogP) is 5.87. The van der Waals surface area contributed by atoms with Crippen LogP contribution in [0.5, 0.6) is 11.5 Å². The number of rotatable bonds is 5. The van der Waals surface area contributed by atoms with Crippen molar-refractivity contribution in [2.75, 3.05) is 0 Å². The third-order valence-corrected chi connectivity index (χ3v) is 4.74. The van der Waals surface area contributed by atoms with Gasteiger partial charge in [-0.25, -0.2) is 9.59 Å². The molecule has 0 amide bonds. The van der Waals surface area contributed by atoms with Gasteiger partial charge in [0.1, 0.15) is 0 Å². The van der Waals surface area contributed by atoms with Gasteiger partial charge in [0.25, 0.3) is 0 Å². The Hall–Kier alpha value is -3.40. The molecule has 0 heterocycles. The first-order chi connectivity index (χ1) is 13.9. The number of aryl methyl sites for hydroxylation is 1. The van der Waals surface area contributed by atoms with Crippen molar-refractivity contribution < 1.29 is 19.1 Å². The van der Waals surface area contributed by atoms with Crippen LogP contribution in [0.3, 0.4) is 0 Å². The van der Waals surface area contributed by atoms with E-state index in [0.717, 1.165) is 16.7 Å². The molecule has 0 saturated carbocycles. The summed E-state index contributed by atoms with van der Waals surface area (Å²) in [4.78, 5) is 25.3. The molecule has 0 aromatic heterocycles. The fourth-order valence-electron chi connectivity index (χ4n) is 3.19. The van der Waals surface area contributed by atoms with Crippen molar-refractivity contribution in [1.29, 1.82) is 0 Å². The Morgan fingerprint density at radius 3 is 1.62 bits per heavy atom. The zero-order valence-electron chi connectivity index (χ0n) is 17.1. The van der Waals surface area contributed by atoms with Gasteiger partial charge in [0.2, 0.25) is 0 Å². The first-order valence-corrected chi connectivity index (χ1v) is 9.57.